The molecule has 1 unspecified atom stereocenters. The second-order valence-electron chi connectivity index (χ2n) is 5.31. The fourth-order valence-electron chi connectivity index (χ4n) is 2.40. The van der Waals surface area contributed by atoms with Crippen LogP contribution in [0.2, 0.25) is 0 Å². The van der Waals surface area contributed by atoms with Crippen molar-refractivity contribution in [2.75, 3.05) is 34.5 Å². The molecule has 2 rings (SSSR count). The van der Waals surface area contributed by atoms with E-state index in [2.05, 4.69) is 17.4 Å². The van der Waals surface area contributed by atoms with Crippen molar-refractivity contribution in [3.8, 4) is 17.2 Å². The average Bonchev–Trinajstić information content (AvgIpc) is 2.64. The Kier molecular flexibility index (Phi) is 6.87. The summed E-state index contributed by atoms with van der Waals surface area (Å²) in [6.45, 7) is 0.883. The summed E-state index contributed by atoms with van der Waals surface area (Å²) in [7, 11) is 5.11. The van der Waals surface area contributed by atoms with Crippen molar-refractivity contribution >= 4 is 0 Å². The number of nitrogens with two attached hydrogens (primary N) is 1. The van der Waals surface area contributed by atoms with Crippen LogP contribution in [0.15, 0.2) is 48.5 Å². The lowest BCUT2D eigenvalue weighted by molar-refractivity contribution is 0.116. The predicted octanol–water partition coefficient (Wildman–Crippen LogP) is 2.18. The molecule has 0 amide bonds. The van der Waals surface area contributed by atoms with Gasteiger partial charge in [-0.25, -0.2) is 5.01 Å². The number of rotatable bonds is 9. The van der Waals surface area contributed by atoms with Crippen LogP contribution in [-0.4, -0.2) is 39.6 Å². The van der Waals surface area contributed by atoms with Crippen LogP contribution in [0.4, 0.5) is 0 Å². The van der Waals surface area contributed by atoms with E-state index in [0.29, 0.717) is 23.8 Å². The van der Waals surface area contributed by atoms with Crippen molar-refractivity contribution in [2.24, 2.45) is 5.84 Å². The van der Waals surface area contributed by atoms with Crippen LogP contribution in [-0.2, 0) is 0 Å². The third-order valence-electron chi connectivity index (χ3n) is 3.72. The monoisotopic (exact) mass is 331 g/mol. The third kappa shape index (κ3) is 4.86. The molecule has 0 saturated heterocycles. The molecule has 0 fully saturated rings. The van der Waals surface area contributed by atoms with Gasteiger partial charge >= 0.3 is 0 Å². The maximum Gasteiger partial charge on any atom is 0.164 e. The van der Waals surface area contributed by atoms with Crippen LogP contribution in [0.25, 0.3) is 0 Å². The first-order chi connectivity index (χ1) is 11.7. The average molecular weight is 331 g/mol. The molecule has 0 aliphatic heterocycles. The molecule has 2 aromatic carbocycles. The van der Waals surface area contributed by atoms with Gasteiger partial charge in [0.15, 0.2) is 18.2 Å². The van der Waals surface area contributed by atoms with E-state index in [1.54, 1.807) is 31.4 Å². The Morgan fingerprint density at radius 3 is 2.38 bits per heavy atom. The Hall–Kier alpha value is -2.28. The van der Waals surface area contributed by atoms with Gasteiger partial charge in [0.1, 0.15) is 5.75 Å². The van der Waals surface area contributed by atoms with Crippen molar-refractivity contribution < 1.29 is 14.2 Å². The van der Waals surface area contributed by atoms with E-state index in [0.717, 1.165) is 0 Å². The minimum absolute atomic E-state index is 0.130. The van der Waals surface area contributed by atoms with Gasteiger partial charge in [-0.3, -0.25) is 5.84 Å². The maximum atomic E-state index is 6.07. The summed E-state index contributed by atoms with van der Waals surface area (Å²) in [5.74, 6) is 8.03. The molecule has 0 bridgehead atoms. The summed E-state index contributed by atoms with van der Waals surface area (Å²) < 4.78 is 16.2. The molecule has 3 N–H and O–H groups in total. The zero-order valence-corrected chi connectivity index (χ0v) is 14.4. The van der Waals surface area contributed by atoms with Crippen molar-refractivity contribution in [3.05, 3.63) is 54.1 Å². The lowest BCUT2D eigenvalue weighted by atomic mass is 10.1. The molecular weight excluding hydrogens is 306 g/mol. The number of benzene rings is 2. The number of nitrogens with zero attached hydrogens (tertiary/aromatic N) is 1. The summed E-state index contributed by atoms with van der Waals surface area (Å²) >= 11 is 0. The second-order valence-corrected chi connectivity index (χ2v) is 5.31. The molecule has 6 heteroatoms. The van der Waals surface area contributed by atoms with E-state index in [1.165, 1.54) is 5.56 Å². The first-order valence-corrected chi connectivity index (χ1v) is 7.74. The lowest BCUT2D eigenvalue weighted by Crippen LogP contribution is -2.41. The molecule has 0 heterocycles. The number of nitrogens with one attached hydrogen (secondary N) is 1. The molecule has 0 aromatic heterocycles. The van der Waals surface area contributed by atoms with Crippen molar-refractivity contribution in [1.82, 2.24) is 10.3 Å². The molecule has 0 saturated carbocycles. The molecule has 0 radical (unpaired) electrons. The zero-order valence-electron chi connectivity index (χ0n) is 14.4. The Morgan fingerprint density at radius 2 is 1.75 bits per heavy atom. The first kappa shape index (κ1) is 18.1. The van der Waals surface area contributed by atoms with Gasteiger partial charge in [0.05, 0.1) is 14.2 Å². The molecule has 6 nitrogen and oxygen atoms in total. The number of hydrogen-bond acceptors (Lipinski definition) is 6. The van der Waals surface area contributed by atoms with Gasteiger partial charge in [-0.1, -0.05) is 30.3 Å². The van der Waals surface area contributed by atoms with E-state index in [9.17, 15) is 0 Å². The number of hydrogen-bond donors (Lipinski definition) is 2. The highest BCUT2D eigenvalue weighted by atomic mass is 16.5. The summed E-state index contributed by atoms with van der Waals surface area (Å²) in [5, 5.41) is 4.90. The van der Waals surface area contributed by atoms with Crippen molar-refractivity contribution in [1.29, 1.82) is 0 Å². The van der Waals surface area contributed by atoms with E-state index >= 15 is 0 Å². The summed E-state index contributed by atoms with van der Waals surface area (Å²) in [6, 6.07) is 15.7. The molecule has 2 aromatic rings. The molecule has 0 aliphatic carbocycles. The highest BCUT2D eigenvalue weighted by Gasteiger charge is 2.13. The Labute approximate surface area is 143 Å². The number of methoxy groups -OCH3 is 2. The van der Waals surface area contributed by atoms with Gasteiger partial charge < -0.3 is 19.5 Å². The van der Waals surface area contributed by atoms with E-state index in [-0.39, 0.29) is 12.8 Å². The van der Waals surface area contributed by atoms with Crippen LogP contribution in [0.5, 0.6) is 17.2 Å². The smallest absolute Gasteiger partial charge is 0.164 e. The highest BCUT2D eigenvalue weighted by molar-refractivity contribution is 5.45. The predicted molar refractivity (Wildman–Crippen MR) is 94.2 cm³/mol. The third-order valence-corrected chi connectivity index (χ3v) is 3.72. The van der Waals surface area contributed by atoms with Crippen LogP contribution < -0.4 is 25.4 Å². The van der Waals surface area contributed by atoms with Crippen LogP contribution in [0, 0.1) is 0 Å². The van der Waals surface area contributed by atoms with Crippen molar-refractivity contribution in [3.63, 3.8) is 0 Å². The summed E-state index contributed by atoms with van der Waals surface area (Å²) in [4.78, 5) is 0. The Balaban J connectivity index is 1.91. The van der Waals surface area contributed by atoms with E-state index < -0.39 is 0 Å². The summed E-state index contributed by atoms with van der Waals surface area (Å²) in [5.41, 5.74) is 1.18. The topological polar surface area (TPSA) is 69.0 Å². The van der Waals surface area contributed by atoms with Crippen LogP contribution in [0.1, 0.15) is 11.6 Å². The van der Waals surface area contributed by atoms with Gasteiger partial charge in [-0.15, -0.1) is 0 Å². The maximum absolute atomic E-state index is 6.07. The minimum Gasteiger partial charge on any atom is -0.493 e. The van der Waals surface area contributed by atoms with Gasteiger partial charge in [-0.05, 0) is 24.7 Å². The van der Waals surface area contributed by atoms with Gasteiger partial charge in [-0.2, -0.15) is 0 Å². The molecule has 0 aliphatic rings. The lowest BCUT2D eigenvalue weighted by Gasteiger charge is -2.24. The van der Waals surface area contributed by atoms with Gasteiger partial charge in [0, 0.05) is 18.7 Å². The van der Waals surface area contributed by atoms with Crippen molar-refractivity contribution in [2.45, 2.75) is 6.04 Å². The van der Waals surface area contributed by atoms with Gasteiger partial charge in [0.2, 0.25) is 0 Å². The fourth-order valence-corrected chi connectivity index (χ4v) is 2.40. The van der Waals surface area contributed by atoms with Gasteiger partial charge in [0.25, 0.3) is 0 Å². The Morgan fingerprint density at radius 1 is 1.04 bits per heavy atom. The molecule has 1 atom stereocenters. The normalized spacial score (nSPS) is 12.0. The van der Waals surface area contributed by atoms with Crippen LogP contribution >= 0.6 is 0 Å². The second kappa shape index (κ2) is 9.12. The number of ether oxygens (including phenoxy) is 3. The number of likely N-dealkylation sites (N-methyl/N-ethyl adjacent to an activating group) is 1. The Bertz CT molecular complexity index is 622. The SMILES string of the molecule is CNC(CN(N)COc1ccc(OC)c(OC)c1)c1ccccc1. The fraction of sp³-hybridized carbons (Fsp3) is 0.333. The minimum atomic E-state index is 0.130. The summed E-state index contributed by atoms with van der Waals surface area (Å²) in [6.07, 6.45) is 0. The molecule has 0 spiro atoms. The highest BCUT2D eigenvalue weighted by Crippen LogP contribution is 2.30. The first-order valence-electron chi connectivity index (χ1n) is 7.74. The molecule has 130 valence electrons. The molecular formula is C18H25N3O3. The zero-order chi connectivity index (χ0) is 17.4. The largest absolute Gasteiger partial charge is 0.493 e. The quantitative estimate of drug-likeness (QED) is 0.417. The van der Waals surface area contributed by atoms with Crippen LogP contribution in [0.3, 0.4) is 0 Å². The standard InChI is InChI=1S/C18H25N3O3/c1-20-16(14-7-5-4-6-8-14)12-21(19)13-24-15-9-10-17(22-2)18(11-15)23-3/h4-11,16,20H,12-13,19H2,1-3H3. The number of hydrazine groups is 1. The van der Waals surface area contributed by atoms with E-state index in [4.69, 9.17) is 20.1 Å². The molecule has 24 heavy (non-hydrogen) atoms. The van der Waals surface area contributed by atoms with E-state index in [1.807, 2.05) is 31.3 Å².